The molecular formula is C12H15NO5. The van der Waals surface area contributed by atoms with E-state index in [1.54, 1.807) is 0 Å². The second-order valence-electron chi connectivity index (χ2n) is 3.71. The second-order valence-corrected chi connectivity index (χ2v) is 3.71. The highest BCUT2D eigenvalue weighted by atomic mass is 16.5. The Kier molecular flexibility index (Phi) is 5.13. The third kappa shape index (κ3) is 4.42. The Bertz CT molecular complexity index is 415. The lowest BCUT2D eigenvalue weighted by Gasteiger charge is -2.13. The number of carbonyl (C=O) groups excluding carboxylic acids is 1. The molecule has 0 aliphatic rings. The van der Waals surface area contributed by atoms with Crippen LogP contribution in [0, 0.1) is 0 Å². The number of amides is 1. The van der Waals surface area contributed by atoms with Crippen LogP contribution < -0.4 is 5.32 Å². The summed E-state index contributed by atoms with van der Waals surface area (Å²) in [6.07, 6.45) is -0.740. The Morgan fingerprint density at radius 2 is 1.94 bits per heavy atom. The second kappa shape index (κ2) is 6.61. The summed E-state index contributed by atoms with van der Waals surface area (Å²) in [5.41, 5.74) is 0.387. The van der Waals surface area contributed by atoms with Crippen LogP contribution in [0.3, 0.4) is 0 Å². The van der Waals surface area contributed by atoms with Crippen molar-refractivity contribution in [1.82, 2.24) is 5.32 Å². The van der Waals surface area contributed by atoms with Crippen molar-refractivity contribution in [2.75, 3.05) is 13.7 Å². The van der Waals surface area contributed by atoms with E-state index in [2.05, 4.69) is 5.32 Å². The number of nitrogens with one attached hydrogen (secondary N) is 1. The maximum Gasteiger partial charge on any atom is 0.306 e. The zero-order valence-corrected chi connectivity index (χ0v) is 9.92. The number of phenolic OH excluding ortho intramolecular Hbond substituents is 1. The van der Waals surface area contributed by atoms with Crippen molar-refractivity contribution >= 4 is 11.9 Å². The van der Waals surface area contributed by atoms with Gasteiger partial charge in [-0.3, -0.25) is 9.59 Å². The van der Waals surface area contributed by atoms with Crippen molar-refractivity contribution in [2.24, 2.45) is 0 Å². The Morgan fingerprint density at radius 3 is 2.44 bits per heavy atom. The van der Waals surface area contributed by atoms with Gasteiger partial charge in [-0.15, -0.1) is 0 Å². The number of carboxylic acid groups (broad SMARTS) is 1. The molecule has 6 heteroatoms. The van der Waals surface area contributed by atoms with Gasteiger partial charge >= 0.3 is 5.97 Å². The lowest BCUT2D eigenvalue weighted by Crippen LogP contribution is -2.34. The molecule has 1 rings (SSSR count). The van der Waals surface area contributed by atoms with E-state index in [9.17, 15) is 9.59 Å². The summed E-state index contributed by atoms with van der Waals surface area (Å²) in [5.74, 6) is -1.25. The van der Waals surface area contributed by atoms with Crippen molar-refractivity contribution in [1.29, 1.82) is 0 Å². The number of methoxy groups -OCH3 is 1. The summed E-state index contributed by atoms with van der Waals surface area (Å²) in [6, 6.07) is 5.76. The topological polar surface area (TPSA) is 95.9 Å². The molecule has 0 aromatic heterocycles. The number of aromatic hydroxyl groups is 1. The van der Waals surface area contributed by atoms with Gasteiger partial charge in [0.1, 0.15) is 5.75 Å². The standard InChI is InChI=1S/C12H15NO5/c1-18-10(6-11(15)16)7-13-12(17)8-2-4-9(14)5-3-8/h2-5,10,14H,6-7H2,1H3,(H,13,17)(H,15,16). The first-order valence-corrected chi connectivity index (χ1v) is 5.34. The summed E-state index contributed by atoms with van der Waals surface area (Å²) in [5, 5.41) is 20.3. The lowest BCUT2D eigenvalue weighted by molar-refractivity contribution is -0.139. The highest BCUT2D eigenvalue weighted by Crippen LogP contribution is 2.09. The van der Waals surface area contributed by atoms with Gasteiger partial charge in [0.25, 0.3) is 5.91 Å². The molecule has 0 fully saturated rings. The quantitative estimate of drug-likeness (QED) is 0.690. The third-order valence-corrected chi connectivity index (χ3v) is 2.36. The molecular weight excluding hydrogens is 238 g/mol. The molecule has 0 radical (unpaired) electrons. The number of hydrogen-bond donors (Lipinski definition) is 3. The molecule has 0 bridgehead atoms. The number of rotatable bonds is 6. The molecule has 1 atom stereocenters. The number of ether oxygens (including phenoxy) is 1. The maximum absolute atomic E-state index is 11.7. The number of hydrogen-bond acceptors (Lipinski definition) is 4. The zero-order chi connectivity index (χ0) is 13.5. The molecule has 1 aromatic carbocycles. The van der Waals surface area contributed by atoms with Crippen LogP contribution in [0.4, 0.5) is 0 Å². The molecule has 1 unspecified atom stereocenters. The Morgan fingerprint density at radius 1 is 1.33 bits per heavy atom. The number of benzene rings is 1. The average Bonchev–Trinajstić information content (AvgIpc) is 2.34. The molecule has 18 heavy (non-hydrogen) atoms. The van der Waals surface area contributed by atoms with Crippen LogP contribution in [-0.4, -0.2) is 41.8 Å². The fourth-order valence-corrected chi connectivity index (χ4v) is 1.35. The van der Waals surface area contributed by atoms with Gasteiger partial charge in [0.05, 0.1) is 12.5 Å². The molecule has 98 valence electrons. The summed E-state index contributed by atoms with van der Waals surface area (Å²) in [7, 11) is 1.39. The van der Waals surface area contributed by atoms with Crippen LogP contribution >= 0.6 is 0 Å². The smallest absolute Gasteiger partial charge is 0.306 e. The molecule has 0 spiro atoms. The summed E-state index contributed by atoms with van der Waals surface area (Å²) < 4.78 is 4.93. The predicted molar refractivity (Wildman–Crippen MR) is 63.5 cm³/mol. The molecule has 0 heterocycles. The summed E-state index contributed by atoms with van der Waals surface area (Å²) in [4.78, 5) is 22.2. The van der Waals surface area contributed by atoms with Crippen LogP contribution in [0.15, 0.2) is 24.3 Å². The van der Waals surface area contributed by atoms with Crippen LogP contribution in [0.5, 0.6) is 5.75 Å². The Labute approximate surface area is 104 Å². The van der Waals surface area contributed by atoms with Gasteiger partial charge in [-0.1, -0.05) is 0 Å². The molecule has 0 saturated heterocycles. The minimum absolute atomic E-state index is 0.0761. The lowest BCUT2D eigenvalue weighted by atomic mass is 10.2. The third-order valence-electron chi connectivity index (χ3n) is 2.36. The number of carboxylic acids is 1. The number of aliphatic carboxylic acids is 1. The number of carbonyl (C=O) groups is 2. The Hall–Kier alpha value is -2.08. The van der Waals surface area contributed by atoms with Crippen molar-refractivity contribution in [3.63, 3.8) is 0 Å². The van der Waals surface area contributed by atoms with Crippen molar-refractivity contribution in [3.05, 3.63) is 29.8 Å². The summed E-state index contributed by atoms with van der Waals surface area (Å²) >= 11 is 0. The first kappa shape index (κ1) is 14.0. The predicted octanol–water partition coefficient (Wildman–Crippen LogP) is 0.612. The molecule has 0 aliphatic carbocycles. The number of phenols is 1. The van der Waals surface area contributed by atoms with E-state index in [0.29, 0.717) is 5.56 Å². The van der Waals surface area contributed by atoms with Crippen LogP contribution in [0.1, 0.15) is 16.8 Å². The van der Waals surface area contributed by atoms with Gasteiger partial charge in [0.2, 0.25) is 0 Å². The van der Waals surface area contributed by atoms with Crippen molar-refractivity contribution < 1.29 is 24.5 Å². The van der Waals surface area contributed by atoms with E-state index < -0.39 is 12.1 Å². The maximum atomic E-state index is 11.7. The van der Waals surface area contributed by atoms with Crippen molar-refractivity contribution in [2.45, 2.75) is 12.5 Å². The first-order chi connectivity index (χ1) is 8.52. The molecule has 3 N–H and O–H groups in total. The SMILES string of the molecule is COC(CNC(=O)c1ccc(O)cc1)CC(=O)O. The fourth-order valence-electron chi connectivity index (χ4n) is 1.35. The highest BCUT2D eigenvalue weighted by molar-refractivity contribution is 5.94. The largest absolute Gasteiger partial charge is 0.508 e. The van der Waals surface area contributed by atoms with E-state index in [4.69, 9.17) is 14.9 Å². The van der Waals surface area contributed by atoms with E-state index in [1.807, 2.05) is 0 Å². The molecule has 1 amide bonds. The van der Waals surface area contributed by atoms with Gasteiger partial charge in [-0.2, -0.15) is 0 Å². The minimum atomic E-state index is -0.985. The van der Waals surface area contributed by atoms with Crippen molar-refractivity contribution in [3.8, 4) is 5.75 Å². The van der Waals surface area contributed by atoms with Gasteiger partial charge in [-0.25, -0.2) is 0 Å². The van der Waals surface area contributed by atoms with Crippen LogP contribution in [0.25, 0.3) is 0 Å². The Balaban J connectivity index is 2.49. The monoisotopic (exact) mass is 253 g/mol. The highest BCUT2D eigenvalue weighted by Gasteiger charge is 2.14. The molecule has 0 saturated carbocycles. The first-order valence-electron chi connectivity index (χ1n) is 5.34. The van der Waals surface area contributed by atoms with E-state index in [1.165, 1.54) is 31.4 Å². The van der Waals surface area contributed by atoms with Gasteiger partial charge in [-0.05, 0) is 24.3 Å². The minimum Gasteiger partial charge on any atom is -0.508 e. The van der Waals surface area contributed by atoms with Crippen LogP contribution in [-0.2, 0) is 9.53 Å². The van der Waals surface area contributed by atoms with E-state index >= 15 is 0 Å². The molecule has 6 nitrogen and oxygen atoms in total. The van der Waals surface area contributed by atoms with E-state index in [0.717, 1.165) is 0 Å². The average molecular weight is 253 g/mol. The van der Waals surface area contributed by atoms with Gasteiger partial charge < -0.3 is 20.3 Å². The van der Waals surface area contributed by atoms with Gasteiger partial charge in [0.15, 0.2) is 0 Å². The summed E-state index contributed by atoms with van der Waals surface area (Å²) in [6.45, 7) is 0.114. The zero-order valence-electron chi connectivity index (χ0n) is 9.92. The molecule has 1 aromatic rings. The van der Waals surface area contributed by atoms with E-state index in [-0.39, 0.29) is 24.6 Å². The van der Waals surface area contributed by atoms with Crippen LogP contribution in [0.2, 0.25) is 0 Å². The molecule has 0 aliphatic heterocycles. The van der Waals surface area contributed by atoms with Gasteiger partial charge in [0, 0.05) is 19.2 Å². The normalized spacial score (nSPS) is 11.8. The fraction of sp³-hybridized carbons (Fsp3) is 0.333.